The Kier molecular flexibility index (Phi) is 13.2. The number of ether oxygens (including phenoxy) is 2. The maximum atomic E-state index is 11.2. The third kappa shape index (κ3) is 18.2. The van der Waals surface area contributed by atoms with Gasteiger partial charge in [-0.25, -0.2) is 0 Å². The Morgan fingerprint density at radius 2 is 1.35 bits per heavy atom. The van der Waals surface area contributed by atoms with Gasteiger partial charge in [0, 0.05) is 26.7 Å². The van der Waals surface area contributed by atoms with Gasteiger partial charge < -0.3 is 9.47 Å². The highest BCUT2D eigenvalue weighted by atomic mass is 35.5. The molecule has 31 heavy (non-hydrogen) atoms. The first-order chi connectivity index (χ1) is 13.8. The van der Waals surface area contributed by atoms with E-state index >= 15 is 0 Å². The zero-order chi connectivity index (χ0) is 25.0. The van der Waals surface area contributed by atoms with Gasteiger partial charge >= 0.3 is 11.9 Å². The Balaban J connectivity index is 0. The Labute approximate surface area is 190 Å². The van der Waals surface area contributed by atoms with Gasteiger partial charge in [-0.1, -0.05) is 39.8 Å². The summed E-state index contributed by atoms with van der Waals surface area (Å²) in [5.41, 5.74) is -0.342. The molecule has 1 aliphatic rings. The van der Waals surface area contributed by atoms with Crippen LogP contribution in [0.4, 0.5) is 0 Å². The van der Waals surface area contributed by atoms with Crippen LogP contribution < -0.4 is 0 Å². The van der Waals surface area contributed by atoms with Crippen LogP contribution in [0.25, 0.3) is 0 Å². The van der Waals surface area contributed by atoms with Crippen molar-refractivity contribution in [2.45, 2.75) is 79.9 Å². The van der Waals surface area contributed by atoms with Gasteiger partial charge in [0.25, 0.3) is 5.79 Å². The first-order valence-corrected chi connectivity index (χ1v) is 10.1. The normalized spacial score (nSPS) is 15.0. The van der Waals surface area contributed by atoms with Crippen molar-refractivity contribution >= 4 is 40.3 Å². The summed E-state index contributed by atoms with van der Waals surface area (Å²) < 4.78 is 9.32. The van der Waals surface area contributed by atoms with Gasteiger partial charge in [-0.15, -0.1) is 13.2 Å². The number of halogens is 1. The number of cyclic esters (lactones) is 2. The predicted octanol–water partition coefficient (Wildman–Crippen LogP) is 4.70. The summed E-state index contributed by atoms with van der Waals surface area (Å²) in [6.07, 6.45) is 4.01. The van der Waals surface area contributed by atoms with Gasteiger partial charge in [-0.05, 0) is 29.4 Å². The van der Waals surface area contributed by atoms with Crippen LogP contribution in [0.5, 0.6) is 0 Å². The van der Waals surface area contributed by atoms with Gasteiger partial charge in [0.2, 0.25) is 5.24 Å². The fraction of sp³-hybridized carbons (Fsp3) is 0.609. The summed E-state index contributed by atoms with van der Waals surface area (Å²) in [5, 5.41) is -0.306. The summed E-state index contributed by atoms with van der Waals surface area (Å²) in [6, 6.07) is 0. The number of hydrogen-bond donors (Lipinski definition) is 0. The average Bonchev–Trinajstić information content (AvgIpc) is 2.51. The summed E-state index contributed by atoms with van der Waals surface area (Å²) in [7, 11) is 0. The van der Waals surface area contributed by atoms with E-state index in [4.69, 9.17) is 11.6 Å². The number of rotatable bonds is 8. The van der Waals surface area contributed by atoms with Gasteiger partial charge in [0.1, 0.15) is 18.0 Å². The Morgan fingerprint density at radius 3 is 1.61 bits per heavy atom. The largest absolute Gasteiger partial charge is 0.423 e. The van der Waals surface area contributed by atoms with Gasteiger partial charge in [-0.3, -0.25) is 24.0 Å². The number of Topliss-reactive ketones (excluding diaryl/α,β-unsaturated/α-hetero) is 2. The molecule has 8 heteroatoms. The number of hydrogen-bond acceptors (Lipinski definition) is 7. The fourth-order valence-corrected chi connectivity index (χ4v) is 2.45. The molecule has 0 aromatic rings. The number of carbonyl (C=O) groups excluding carboxylic acids is 5. The number of carbonyl (C=O) groups is 5. The van der Waals surface area contributed by atoms with Crippen LogP contribution in [0.1, 0.15) is 74.1 Å². The van der Waals surface area contributed by atoms with E-state index in [0.717, 1.165) is 0 Å². The van der Waals surface area contributed by atoms with E-state index in [1.165, 1.54) is 20.8 Å². The molecular weight excluding hydrogens is 424 g/mol. The highest BCUT2D eigenvalue weighted by Crippen LogP contribution is 2.22. The molecule has 0 aliphatic carbocycles. The Bertz CT molecular complexity index is 685. The lowest BCUT2D eigenvalue weighted by atomic mass is 9.86. The zero-order valence-corrected chi connectivity index (χ0v) is 20.4. The molecule has 0 amide bonds. The molecule has 0 atom stereocenters. The minimum Gasteiger partial charge on any atom is -0.423 e. The smallest absolute Gasteiger partial charge is 0.320 e. The van der Waals surface area contributed by atoms with E-state index in [0.29, 0.717) is 12.8 Å². The van der Waals surface area contributed by atoms with E-state index in [1.54, 1.807) is 12.2 Å². The number of allylic oxidation sites excluding steroid dienone is 2. The molecule has 1 fully saturated rings. The van der Waals surface area contributed by atoms with Crippen molar-refractivity contribution in [1.82, 2.24) is 0 Å². The van der Waals surface area contributed by atoms with E-state index in [1.807, 2.05) is 27.7 Å². The second kappa shape index (κ2) is 13.2. The molecule has 176 valence electrons. The van der Waals surface area contributed by atoms with Crippen LogP contribution in [-0.2, 0) is 33.4 Å². The first-order valence-electron chi connectivity index (χ1n) is 9.75. The number of esters is 2. The minimum atomic E-state index is -1.08. The van der Waals surface area contributed by atoms with Crippen LogP contribution in [0.2, 0.25) is 0 Å². The third-order valence-electron chi connectivity index (χ3n) is 3.81. The number of ketones is 2. The summed E-state index contributed by atoms with van der Waals surface area (Å²) in [6.45, 7) is 19.4. The van der Waals surface area contributed by atoms with Crippen LogP contribution in [0, 0.1) is 10.8 Å². The molecule has 0 saturated carbocycles. The lowest BCUT2D eigenvalue weighted by molar-refractivity contribution is -0.231. The summed E-state index contributed by atoms with van der Waals surface area (Å²) in [5.74, 6) is -2.21. The highest BCUT2D eigenvalue weighted by molar-refractivity contribution is 6.63. The molecule has 1 saturated heterocycles. The Morgan fingerprint density at radius 1 is 0.968 bits per heavy atom. The predicted molar refractivity (Wildman–Crippen MR) is 119 cm³/mol. The maximum absolute atomic E-state index is 11.2. The van der Waals surface area contributed by atoms with Crippen molar-refractivity contribution < 1.29 is 33.4 Å². The second-order valence-electron chi connectivity index (χ2n) is 9.04. The molecule has 0 aromatic heterocycles. The molecule has 1 heterocycles. The SMILES string of the molecule is C=CC(C)(C)CC(=O)CC(C)=O.C=CC(C)(C)CC(=O)Cl.CC1(C)OC(=O)CC(=O)O1. The molecule has 0 bridgehead atoms. The van der Waals surface area contributed by atoms with Crippen molar-refractivity contribution in [3.63, 3.8) is 0 Å². The maximum Gasteiger partial charge on any atom is 0.320 e. The summed E-state index contributed by atoms with van der Waals surface area (Å²) in [4.78, 5) is 53.2. The average molecular weight is 459 g/mol. The third-order valence-corrected chi connectivity index (χ3v) is 3.94. The lowest BCUT2D eigenvalue weighted by Gasteiger charge is -2.28. The molecule has 0 N–H and O–H groups in total. The molecule has 1 aliphatic heterocycles. The molecular formula is C23H35ClO7. The van der Waals surface area contributed by atoms with Crippen molar-refractivity contribution in [2.75, 3.05) is 0 Å². The van der Waals surface area contributed by atoms with Crippen LogP contribution in [0.3, 0.4) is 0 Å². The fourth-order valence-electron chi connectivity index (χ4n) is 2.11. The van der Waals surface area contributed by atoms with Crippen LogP contribution in [0.15, 0.2) is 25.3 Å². The first kappa shape index (κ1) is 30.9. The summed E-state index contributed by atoms with van der Waals surface area (Å²) >= 11 is 5.15. The molecule has 0 radical (unpaired) electrons. The standard InChI is InChI=1S/C10H16O2.C7H11ClO.C6H8O4/c1-5-10(3,4)7-9(12)6-8(2)11;1-4-7(2,3)5-6(8)9;1-6(2)9-4(7)3-5(8)10-6/h5H,1,6-7H2,2-4H3;4H,1,5H2,2-3H3;3H2,1-2H3. The van der Waals surface area contributed by atoms with E-state index in [-0.39, 0.29) is 40.5 Å². The Hall–Kier alpha value is -2.28. The molecule has 7 nitrogen and oxygen atoms in total. The van der Waals surface area contributed by atoms with E-state index in [9.17, 15) is 24.0 Å². The van der Waals surface area contributed by atoms with E-state index in [2.05, 4.69) is 22.6 Å². The van der Waals surface area contributed by atoms with Crippen molar-refractivity contribution in [3.8, 4) is 0 Å². The van der Waals surface area contributed by atoms with E-state index < -0.39 is 17.7 Å². The lowest BCUT2D eigenvalue weighted by Crippen LogP contribution is -2.39. The molecule has 0 aromatic carbocycles. The molecule has 0 unspecified atom stereocenters. The topological polar surface area (TPSA) is 104 Å². The highest BCUT2D eigenvalue weighted by Gasteiger charge is 2.34. The molecule has 1 rings (SSSR count). The zero-order valence-electron chi connectivity index (χ0n) is 19.6. The minimum absolute atomic E-state index is 0.00704. The van der Waals surface area contributed by atoms with Crippen LogP contribution in [-0.4, -0.2) is 34.5 Å². The van der Waals surface area contributed by atoms with Crippen molar-refractivity contribution in [3.05, 3.63) is 25.3 Å². The quantitative estimate of drug-likeness (QED) is 0.224. The monoisotopic (exact) mass is 458 g/mol. The van der Waals surface area contributed by atoms with Gasteiger partial charge in [0.15, 0.2) is 0 Å². The van der Waals surface area contributed by atoms with Crippen molar-refractivity contribution in [2.24, 2.45) is 10.8 Å². The van der Waals surface area contributed by atoms with Gasteiger partial charge in [-0.2, -0.15) is 0 Å². The second-order valence-corrected chi connectivity index (χ2v) is 9.46. The molecule has 0 spiro atoms. The van der Waals surface area contributed by atoms with Crippen molar-refractivity contribution in [1.29, 1.82) is 0 Å². The van der Waals surface area contributed by atoms with Crippen LogP contribution >= 0.6 is 11.6 Å². The van der Waals surface area contributed by atoms with Gasteiger partial charge in [0.05, 0.1) is 6.42 Å².